The van der Waals surface area contributed by atoms with Gasteiger partial charge in [-0.05, 0) is 0 Å². The molecule has 0 bridgehead atoms. The monoisotopic (exact) mass is 264 g/mol. The zero-order valence-electron chi connectivity index (χ0n) is 11.3. The lowest BCUT2D eigenvalue weighted by molar-refractivity contribution is 0.333. The summed E-state index contributed by atoms with van der Waals surface area (Å²) in [4.78, 5) is 0. The van der Waals surface area contributed by atoms with Gasteiger partial charge in [-0.3, -0.25) is 0 Å². The SMILES string of the molecule is NCC(CN)(CN)CN.NCC(CN)(CN)CN. The summed E-state index contributed by atoms with van der Waals surface area (Å²) < 4.78 is 0. The molecule has 18 heavy (non-hydrogen) atoms. The normalized spacial score (nSPS) is 12.0. The van der Waals surface area contributed by atoms with Gasteiger partial charge in [0.1, 0.15) is 0 Å². The van der Waals surface area contributed by atoms with Crippen LogP contribution in [-0.4, -0.2) is 52.4 Å². The molecule has 0 fully saturated rings. The van der Waals surface area contributed by atoms with E-state index in [0.29, 0.717) is 52.4 Å². The predicted octanol–water partition coefficient (Wildman–Crippen LogP) is -4.38. The lowest BCUT2D eigenvalue weighted by Gasteiger charge is -2.26. The fourth-order valence-electron chi connectivity index (χ4n) is 1.00. The third kappa shape index (κ3) is 6.03. The summed E-state index contributed by atoms with van der Waals surface area (Å²) in [7, 11) is 0. The van der Waals surface area contributed by atoms with Gasteiger partial charge in [0, 0.05) is 63.2 Å². The molecule has 0 aromatic heterocycles. The van der Waals surface area contributed by atoms with Crippen molar-refractivity contribution in [2.45, 2.75) is 0 Å². The number of hydrogen-bond donors (Lipinski definition) is 8. The van der Waals surface area contributed by atoms with Crippen LogP contribution in [0.4, 0.5) is 0 Å². The highest BCUT2D eigenvalue weighted by molar-refractivity contribution is 4.83. The Balaban J connectivity index is 0. The molecule has 8 nitrogen and oxygen atoms in total. The molecule has 0 heterocycles. The Morgan fingerprint density at radius 1 is 0.333 bits per heavy atom. The van der Waals surface area contributed by atoms with Gasteiger partial charge in [-0.25, -0.2) is 0 Å². The van der Waals surface area contributed by atoms with Gasteiger partial charge in [0.25, 0.3) is 0 Å². The maximum absolute atomic E-state index is 5.40. The van der Waals surface area contributed by atoms with E-state index in [4.69, 9.17) is 45.9 Å². The van der Waals surface area contributed by atoms with E-state index in [1.54, 1.807) is 0 Å². The second kappa shape index (κ2) is 10.6. The lowest BCUT2D eigenvalue weighted by Crippen LogP contribution is -2.49. The van der Waals surface area contributed by atoms with Crippen LogP contribution in [0.25, 0.3) is 0 Å². The second-order valence-corrected chi connectivity index (χ2v) is 4.63. The van der Waals surface area contributed by atoms with E-state index in [1.165, 1.54) is 0 Å². The van der Waals surface area contributed by atoms with E-state index in [1.807, 2.05) is 0 Å². The summed E-state index contributed by atoms with van der Waals surface area (Å²) in [6.07, 6.45) is 0. The predicted molar refractivity (Wildman–Crippen MR) is 77.3 cm³/mol. The van der Waals surface area contributed by atoms with Crippen LogP contribution in [0.5, 0.6) is 0 Å². The Morgan fingerprint density at radius 3 is 0.444 bits per heavy atom. The van der Waals surface area contributed by atoms with Crippen LogP contribution in [-0.2, 0) is 0 Å². The first kappa shape index (κ1) is 20.0. The molecule has 0 aliphatic carbocycles. The fourth-order valence-corrected chi connectivity index (χ4v) is 1.00. The number of rotatable bonds is 8. The van der Waals surface area contributed by atoms with Crippen molar-refractivity contribution in [3.63, 3.8) is 0 Å². The third-order valence-corrected chi connectivity index (χ3v) is 3.46. The molecule has 0 aromatic carbocycles. The second-order valence-electron chi connectivity index (χ2n) is 4.63. The molecule has 112 valence electrons. The van der Waals surface area contributed by atoms with Crippen molar-refractivity contribution >= 4 is 0 Å². The number of hydrogen-bond acceptors (Lipinski definition) is 8. The van der Waals surface area contributed by atoms with Crippen molar-refractivity contribution in [1.82, 2.24) is 0 Å². The Morgan fingerprint density at radius 2 is 0.444 bits per heavy atom. The van der Waals surface area contributed by atoms with Crippen LogP contribution in [0.2, 0.25) is 0 Å². The third-order valence-electron chi connectivity index (χ3n) is 3.46. The molecule has 0 saturated carbocycles. The summed E-state index contributed by atoms with van der Waals surface area (Å²) in [5.41, 5.74) is 42.8. The van der Waals surface area contributed by atoms with Gasteiger partial charge in [0.05, 0.1) is 0 Å². The van der Waals surface area contributed by atoms with Crippen molar-refractivity contribution < 1.29 is 0 Å². The molecular weight excluding hydrogens is 232 g/mol. The van der Waals surface area contributed by atoms with Gasteiger partial charge in [-0.2, -0.15) is 0 Å². The molecule has 0 radical (unpaired) electrons. The molecule has 16 N–H and O–H groups in total. The largest absolute Gasteiger partial charge is 0.330 e. The first-order valence-electron chi connectivity index (χ1n) is 6.09. The minimum atomic E-state index is -0.222. The summed E-state index contributed by atoms with van der Waals surface area (Å²) in [5, 5.41) is 0. The zero-order valence-corrected chi connectivity index (χ0v) is 11.3. The fraction of sp³-hybridized carbons (Fsp3) is 1.00. The lowest BCUT2D eigenvalue weighted by atomic mass is 9.89. The quantitative estimate of drug-likeness (QED) is 0.214. The van der Waals surface area contributed by atoms with Crippen LogP contribution in [0.15, 0.2) is 0 Å². The van der Waals surface area contributed by atoms with E-state index in [2.05, 4.69) is 0 Å². The molecule has 0 aliphatic rings. The highest BCUT2D eigenvalue weighted by atomic mass is 14.8. The Hall–Kier alpha value is -0.320. The summed E-state index contributed by atoms with van der Waals surface area (Å²) in [5.74, 6) is 0. The van der Waals surface area contributed by atoms with Crippen LogP contribution in [0.3, 0.4) is 0 Å². The van der Waals surface area contributed by atoms with E-state index >= 15 is 0 Å². The van der Waals surface area contributed by atoms with E-state index in [0.717, 1.165) is 0 Å². The molecule has 0 saturated heterocycles. The first-order valence-corrected chi connectivity index (χ1v) is 6.09. The summed E-state index contributed by atoms with van der Waals surface area (Å²) in [6.45, 7) is 3.75. The van der Waals surface area contributed by atoms with Crippen molar-refractivity contribution in [3.8, 4) is 0 Å². The van der Waals surface area contributed by atoms with Crippen LogP contribution >= 0.6 is 0 Å². The highest BCUT2D eigenvalue weighted by Gasteiger charge is 2.23. The molecule has 0 rings (SSSR count). The average Bonchev–Trinajstić information content (AvgIpc) is 2.46. The minimum Gasteiger partial charge on any atom is -0.330 e. The Bertz CT molecular complexity index is 124. The molecule has 0 unspecified atom stereocenters. The molecule has 8 heteroatoms. The van der Waals surface area contributed by atoms with E-state index < -0.39 is 0 Å². The van der Waals surface area contributed by atoms with Gasteiger partial charge in [0.2, 0.25) is 0 Å². The van der Waals surface area contributed by atoms with E-state index in [9.17, 15) is 0 Å². The van der Waals surface area contributed by atoms with Gasteiger partial charge in [-0.1, -0.05) is 0 Å². The maximum Gasteiger partial charge on any atom is 0.0193 e. The van der Waals surface area contributed by atoms with Crippen molar-refractivity contribution in [1.29, 1.82) is 0 Å². The van der Waals surface area contributed by atoms with Crippen LogP contribution in [0.1, 0.15) is 0 Å². The molecule has 0 atom stereocenters. The van der Waals surface area contributed by atoms with Crippen molar-refractivity contribution in [2.75, 3.05) is 52.4 Å². The Kier molecular flexibility index (Phi) is 11.8. The van der Waals surface area contributed by atoms with Gasteiger partial charge in [0.15, 0.2) is 0 Å². The topological polar surface area (TPSA) is 208 Å². The van der Waals surface area contributed by atoms with Crippen molar-refractivity contribution in [3.05, 3.63) is 0 Å². The molecular formula is C10H32N8. The molecule has 0 amide bonds. The molecule has 0 aromatic rings. The Labute approximate surface area is 110 Å². The number of nitrogens with two attached hydrogens (primary N) is 8. The zero-order chi connectivity index (χ0) is 14.7. The van der Waals surface area contributed by atoms with E-state index in [-0.39, 0.29) is 10.8 Å². The van der Waals surface area contributed by atoms with Gasteiger partial charge >= 0.3 is 0 Å². The van der Waals surface area contributed by atoms with Crippen molar-refractivity contribution in [2.24, 2.45) is 56.7 Å². The van der Waals surface area contributed by atoms with Gasteiger partial charge in [-0.15, -0.1) is 0 Å². The summed E-state index contributed by atoms with van der Waals surface area (Å²) in [6, 6.07) is 0. The maximum atomic E-state index is 5.40. The minimum absolute atomic E-state index is 0.222. The van der Waals surface area contributed by atoms with Gasteiger partial charge < -0.3 is 45.9 Å². The van der Waals surface area contributed by atoms with Crippen LogP contribution in [0, 0.1) is 10.8 Å². The average molecular weight is 264 g/mol. The standard InChI is InChI=1S/2C5H16N4/c2*6-1-5(2-7,3-8)4-9/h2*1-4,6-9H2. The molecule has 0 aliphatic heterocycles. The first-order chi connectivity index (χ1) is 8.49. The van der Waals surface area contributed by atoms with Crippen LogP contribution < -0.4 is 45.9 Å². The highest BCUT2D eigenvalue weighted by Crippen LogP contribution is 2.07. The molecule has 0 spiro atoms. The smallest absolute Gasteiger partial charge is 0.0193 e. The summed E-state index contributed by atoms with van der Waals surface area (Å²) >= 11 is 0.